The van der Waals surface area contributed by atoms with Gasteiger partial charge in [0, 0.05) is 17.0 Å². The third-order valence-electron chi connectivity index (χ3n) is 2.69. The quantitative estimate of drug-likeness (QED) is 0.680. The SMILES string of the molecule is CSC(CO)C(C)NS(=O)(=O)c1cc(N)cc(Cl)c1F. The highest BCUT2D eigenvalue weighted by Crippen LogP contribution is 2.26. The highest BCUT2D eigenvalue weighted by atomic mass is 35.5. The monoisotopic (exact) mass is 342 g/mol. The van der Waals surface area contributed by atoms with Gasteiger partial charge in [0.1, 0.15) is 4.90 Å². The summed E-state index contributed by atoms with van der Waals surface area (Å²) in [4.78, 5) is -0.604. The number of thioether (sulfide) groups is 1. The first-order valence-corrected chi connectivity index (χ1v) is 8.78. The van der Waals surface area contributed by atoms with Gasteiger partial charge in [0.05, 0.1) is 11.6 Å². The lowest BCUT2D eigenvalue weighted by atomic mass is 10.3. The van der Waals surface area contributed by atoms with Gasteiger partial charge >= 0.3 is 0 Å². The number of rotatable bonds is 6. The van der Waals surface area contributed by atoms with Crippen LogP contribution >= 0.6 is 23.4 Å². The topological polar surface area (TPSA) is 92.4 Å². The van der Waals surface area contributed by atoms with Crippen LogP contribution in [0.3, 0.4) is 0 Å². The highest BCUT2D eigenvalue weighted by Gasteiger charge is 2.26. The molecule has 114 valence electrons. The van der Waals surface area contributed by atoms with Gasteiger partial charge in [-0.25, -0.2) is 17.5 Å². The van der Waals surface area contributed by atoms with Gasteiger partial charge in [0.2, 0.25) is 10.0 Å². The zero-order chi connectivity index (χ0) is 15.5. The van der Waals surface area contributed by atoms with Crippen LogP contribution in [0.15, 0.2) is 17.0 Å². The van der Waals surface area contributed by atoms with Crippen molar-refractivity contribution in [1.29, 1.82) is 0 Å². The van der Waals surface area contributed by atoms with Crippen molar-refractivity contribution in [3.8, 4) is 0 Å². The summed E-state index contributed by atoms with van der Waals surface area (Å²) in [6.07, 6.45) is 1.74. The van der Waals surface area contributed by atoms with E-state index in [1.165, 1.54) is 11.8 Å². The normalized spacial score (nSPS) is 15.1. The summed E-state index contributed by atoms with van der Waals surface area (Å²) in [5.41, 5.74) is 5.53. The largest absolute Gasteiger partial charge is 0.399 e. The van der Waals surface area contributed by atoms with E-state index in [9.17, 15) is 12.8 Å². The number of benzene rings is 1. The van der Waals surface area contributed by atoms with E-state index in [0.29, 0.717) is 0 Å². The third-order valence-corrected chi connectivity index (χ3v) is 5.68. The number of nitrogens with one attached hydrogen (secondary N) is 1. The number of anilines is 1. The molecular formula is C11H16ClFN2O3S2. The molecule has 0 aliphatic carbocycles. The number of hydrogen-bond acceptors (Lipinski definition) is 5. The molecule has 4 N–H and O–H groups in total. The zero-order valence-electron chi connectivity index (χ0n) is 10.9. The Hall–Kier alpha value is -0.540. The van der Waals surface area contributed by atoms with Crippen LogP contribution in [0, 0.1) is 5.82 Å². The molecular weight excluding hydrogens is 327 g/mol. The summed E-state index contributed by atoms with van der Waals surface area (Å²) >= 11 is 6.89. The number of nitrogens with two attached hydrogens (primary N) is 1. The van der Waals surface area contributed by atoms with Crippen molar-refractivity contribution in [2.45, 2.75) is 23.1 Å². The lowest BCUT2D eigenvalue weighted by Gasteiger charge is -2.21. The van der Waals surface area contributed by atoms with Crippen molar-refractivity contribution in [2.24, 2.45) is 0 Å². The molecule has 2 unspecified atom stereocenters. The van der Waals surface area contributed by atoms with Crippen LogP contribution in [0.4, 0.5) is 10.1 Å². The Balaban J connectivity index is 3.12. The van der Waals surface area contributed by atoms with Crippen LogP contribution in [-0.2, 0) is 10.0 Å². The smallest absolute Gasteiger partial charge is 0.243 e. The van der Waals surface area contributed by atoms with Gasteiger partial charge in [-0.1, -0.05) is 11.6 Å². The Labute approximate surface area is 126 Å². The van der Waals surface area contributed by atoms with E-state index in [1.54, 1.807) is 13.2 Å². The average Bonchev–Trinajstić information content (AvgIpc) is 2.34. The summed E-state index contributed by atoms with van der Waals surface area (Å²) in [7, 11) is -4.11. The first-order valence-electron chi connectivity index (χ1n) is 5.63. The zero-order valence-corrected chi connectivity index (χ0v) is 13.3. The predicted octanol–water partition coefficient (Wildman–Crippen LogP) is 1.45. The lowest BCUT2D eigenvalue weighted by Crippen LogP contribution is -2.41. The molecule has 0 spiro atoms. The lowest BCUT2D eigenvalue weighted by molar-refractivity contribution is 0.282. The van der Waals surface area contributed by atoms with Crippen LogP contribution in [-0.4, -0.2) is 37.7 Å². The van der Waals surface area contributed by atoms with Crippen molar-refractivity contribution in [3.05, 3.63) is 23.0 Å². The van der Waals surface area contributed by atoms with E-state index in [4.69, 9.17) is 22.4 Å². The van der Waals surface area contributed by atoms with Gasteiger partial charge in [-0.3, -0.25) is 0 Å². The molecule has 0 aliphatic rings. The Morgan fingerprint density at radius 2 is 2.15 bits per heavy atom. The number of aliphatic hydroxyl groups excluding tert-OH is 1. The Kier molecular flexibility index (Phi) is 6.08. The first-order chi connectivity index (χ1) is 9.22. The second kappa shape index (κ2) is 6.95. The number of nitrogen functional groups attached to an aromatic ring is 1. The minimum absolute atomic E-state index is 0.0491. The maximum atomic E-state index is 13.8. The van der Waals surface area contributed by atoms with Gasteiger partial charge in [-0.05, 0) is 25.3 Å². The minimum atomic E-state index is -4.11. The average molecular weight is 343 g/mol. The van der Waals surface area contributed by atoms with Crippen molar-refractivity contribution in [3.63, 3.8) is 0 Å². The number of hydrogen-bond donors (Lipinski definition) is 3. The standard InChI is InChI=1S/C11H16ClFN2O3S2/c1-6(9(5-16)19-2)15-20(17,18)10-4-7(14)3-8(12)11(10)13/h3-4,6,9,15-16H,5,14H2,1-2H3. The molecule has 0 aromatic heterocycles. The van der Waals surface area contributed by atoms with Gasteiger partial charge in [0.25, 0.3) is 0 Å². The van der Waals surface area contributed by atoms with Crippen LogP contribution in [0.25, 0.3) is 0 Å². The van der Waals surface area contributed by atoms with Gasteiger partial charge in [0.15, 0.2) is 5.82 Å². The van der Waals surface area contributed by atoms with Crippen LogP contribution in [0.1, 0.15) is 6.92 Å². The van der Waals surface area contributed by atoms with Crippen molar-refractivity contribution in [1.82, 2.24) is 4.72 Å². The highest BCUT2D eigenvalue weighted by molar-refractivity contribution is 7.99. The Morgan fingerprint density at radius 1 is 1.55 bits per heavy atom. The molecule has 1 aromatic rings. The van der Waals surface area contributed by atoms with Gasteiger partial charge in [-0.15, -0.1) is 0 Å². The van der Waals surface area contributed by atoms with Crippen molar-refractivity contribution in [2.75, 3.05) is 18.6 Å². The second-order valence-electron chi connectivity index (χ2n) is 4.18. The molecule has 0 fully saturated rings. The summed E-state index contributed by atoms with van der Waals surface area (Å²) in [5, 5.41) is 8.43. The summed E-state index contributed by atoms with van der Waals surface area (Å²) in [5.74, 6) is -1.05. The Bertz CT molecular complexity index is 579. The van der Waals surface area contributed by atoms with Crippen molar-refractivity contribution < 1.29 is 17.9 Å². The first kappa shape index (κ1) is 17.5. The van der Waals surface area contributed by atoms with Crippen LogP contribution < -0.4 is 10.5 Å². The van der Waals surface area contributed by atoms with E-state index >= 15 is 0 Å². The fraction of sp³-hybridized carbons (Fsp3) is 0.455. The molecule has 0 amide bonds. The van der Waals surface area contributed by atoms with E-state index in [-0.39, 0.29) is 22.6 Å². The van der Waals surface area contributed by atoms with Gasteiger partial charge in [-0.2, -0.15) is 11.8 Å². The molecule has 0 saturated carbocycles. The minimum Gasteiger partial charge on any atom is -0.399 e. The van der Waals surface area contributed by atoms with Gasteiger partial charge < -0.3 is 10.8 Å². The van der Waals surface area contributed by atoms with Crippen LogP contribution in [0.5, 0.6) is 0 Å². The second-order valence-corrected chi connectivity index (χ2v) is 7.35. The Morgan fingerprint density at radius 3 is 2.65 bits per heavy atom. The van der Waals surface area contributed by atoms with E-state index in [1.807, 2.05) is 0 Å². The number of aliphatic hydroxyl groups is 1. The van der Waals surface area contributed by atoms with E-state index in [2.05, 4.69) is 4.72 Å². The fourth-order valence-corrected chi connectivity index (χ4v) is 4.01. The molecule has 1 aromatic carbocycles. The maximum Gasteiger partial charge on any atom is 0.243 e. The van der Waals surface area contributed by atoms with Crippen LogP contribution in [0.2, 0.25) is 5.02 Å². The number of halogens is 2. The molecule has 9 heteroatoms. The molecule has 0 aliphatic heterocycles. The summed E-state index contributed by atoms with van der Waals surface area (Å²) in [6.45, 7) is 1.38. The molecule has 1 rings (SSSR count). The predicted molar refractivity (Wildman–Crippen MR) is 80.0 cm³/mol. The molecule has 0 radical (unpaired) electrons. The third kappa shape index (κ3) is 3.98. The number of sulfonamides is 1. The van der Waals surface area contributed by atoms with E-state index < -0.39 is 26.8 Å². The van der Waals surface area contributed by atoms with Crippen molar-refractivity contribution >= 4 is 39.1 Å². The van der Waals surface area contributed by atoms with E-state index in [0.717, 1.165) is 12.1 Å². The summed E-state index contributed by atoms with van der Waals surface area (Å²) < 4.78 is 40.4. The maximum absolute atomic E-state index is 13.8. The fourth-order valence-electron chi connectivity index (χ4n) is 1.60. The molecule has 20 heavy (non-hydrogen) atoms. The summed E-state index contributed by atoms with van der Waals surface area (Å²) in [6, 6.07) is 1.56. The molecule has 0 bridgehead atoms. The molecule has 2 atom stereocenters. The molecule has 0 saturated heterocycles. The molecule has 5 nitrogen and oxygen atoms in total. The molecule has 0 heterocycles.